The number of fused-ring (bicyclic) bond motifs is 1. The van der Waals surface area contributed by atoms with E-state index in [2.05, 4.69) is 31.9 Å². The van der Waals surface area contributed by atoms with E-state index in [4.69, 9.17) is 13.9 Å². The van der Waals surface area contributed by atoms with Gasteiger partial charge in [0.2, 0.25) is 0 Å². The predicted octanol–water partition coefficient (Wildman–Crippen LogP) is 5.00. The number of ether oxygens (including phenoxy) is 2. The highest BCUT2D eigenvalue weighted by molar-refractivity contribution is 9.11. The normalized spacial score (nSPS) is 15.8. The van der Waals surface area contributed by atoms with Crippen molar-refractivity contribution in [3.05, 3.63) is 45.8 Å². The van der Waals surface area contributed by atoms with Crippen molar-refractivity contribution in [3.8, 4) is 11.5 Å². The van der Waals surface area contributed by atoms with Gasteiger partial charge in [0.05, 0.1) is 24.3 Å². The van der Waals surface area contributed by atoms with Gasteiger partial charge in [0, 0.05) is 16.5 Å². The van der Waals surface area contributed by atoms with Crippen LogP contribution in [0.25, 0.3) is 0 Å². The van der Waals surface area contributed by atoms with Crippen LogP contribution in [0.1, 0.15) is 28.1 Å². The Balaban J connectivity index is 1.99. The Kier molecular flexibility index (Phi) is 4.08. The Bertz CT molecular complexity index is 622. The lowest BCUT2D eigenvalue weighted by Gasteiger charge is -2.15. The van der Waals surface area contributed by atoms with Crippen molar-refractivity contribution in [1.82, 2.24) is 0 Å². The first-order chi connectivity index (χ1) is 9.65. The van der Waals surface area contributed by atoms with Crippen LogP contribution in [0.2, 0.25) is 0 Å². The molecule has 106 valence electrons. The Labute approximate surface area is 134 Å². The molecule has 0 saturated heterocycles. The molecule has 1 aliphatic heterocycles. The molecule has 1 aliphatic rings. The first-order valence-corrected chi connectivity index (χ1v) is 8.14. The van der Waals surface area contributed by atoms with Gasteiger partial charge in [0.25, 0.3) is 0 Å². The number of benzene rings is 1. The van der Waals surface area contributed by atoms with Crippen molar-refractivity contribution in [2.24, 2.45) is 0 Å². The second-order valence-electron chi connectivity index (χ2n) is 4.72. The monoisotopic (exact) mass is 400 g/mol. The fourth-order valence-corrected chi connectivity index (χ4v) is 3.65. The first-order valence-electron chi connectivity index (χ1n) is 6.43. The van der Waals surface area contributed by atoms with Gasteiger partial charge in [-0.3, -0.25) is 0 Å². The minimum absolute atomic E-state index is 0.0477. The van der Waals surface area contributed by atoms with Gasteiger partial charge in [-0.05, 0) is 30.7 Å². The maximum atomic E-state index is 5.75. The number of rotatable bonds is 2. The lowest BCUT2D eigenvalue weighted by Crippen LogP contribution is -1.97. The van der Waals surface area contributed by atoms with Gasteiger partial charge in [0.15, 0.2) is 11.5 Å². The number of hydrogen-bond acceptors (Lipinski definition) is 3. The minimum atomic E-state index is 0.0477. The van der Waals surface area contributed by atoms with Gasteiger partial charge in [-0.2, -0.15) is 0 Å². The van der Waals surface area contributed by atoms with Crippen LogP contribution >= 0.6 is 31.9 Å². The van der Waals surface area contributed by atoms with Gasteiger partial charge >= 0.3 is 0 Å². The van der Waals surface area contributed by atoms with Gasteiger partial charge < -0.3 is 13.9 Å². The van der Waals surface area contributed by atoms with Crippen molar-refractivity contribution >= 4 is 31.9 Å². The molecule has 1 atom stereocenters. The van der Waals surface area contributed by atoms with E-state index in [9.17, 15) is 0 Å². The second kappa shape index (κ2) is 5.82. The van der Waals surface area contributed by atoms with Crippen molar-refractivity contribution in [3.63, 3.8) is 0 Å². The van der Waals surface area contributed by atoms with Crippen molar-refractivity contribution in [2.45, 2.75) is 18.2 Å². The number of alkyl halides is 1. The van der Waals surface area contributed by atoms with Crippen LogP contribution in [0.4, 0.5) is 0 Å². The molecule has 5 heteroatoms. The van der Waals surface area contributed by atoms with E-state index in [-0.39, 0.29) is 4.83 Å². The molecule has 0 N–H and O–H groups in total. The molecule has 1 aromatic heterocycles. The fourth-order valence-electron chi connectivity index (χ4n) is 2.17. The van der Waals surface area contributed by atoms with Crippen molar-refractivity contribution < 1.29 is 13.9 Å². The third-order valence-electron chi connectivity index (χ3n) is 3.18. The first kappa shape index (κ1) is 14.0. The minimum Gasteiger partial charge on any atom is -0.490 e. The zero-order valence-corrected chi connectivity index (χ0v) is 14.2. The summed E-state index contributed by atoms with van der Waals surface area (Å²) in [5.74, 6) is 2.49. The third-order valence-corrected chi connectivity index (χ3v) is 4.89. The SMILES string of the molecule is Cc1cc(C(Br)c2cc3c(cc2Br)OCCCO3)co1. The summed E-state index contributed by atoms with van der Waals surface area (Å²) < 4.78 is 17.8. The molecule has 1 aromatic carbocycles. The summed E-state index contributed by atoms with van der Waals surface area (Å²) in [4.78, 5) is 0.0477. The molecule has 0 radical (unpaired) electrons. The second-order valence-corrected chi connectivity index (χ2v) is 6.49. The number of furan rings is 1. The highest BCUT2D eigenvalue weighted by Gasteiger charge is 2.20. The third kappa shape index (κ3) is 2.74. The zero-order valence-electron chi connectivity index (χ0n) is 11.0. The van der Waals surface area contributed by atoms with Crippen LogP contribution in [-0.2, 0) is 0 Å². The van der Waals surface area contributed by atoms with Crippen LogP contribution in [0, 0.1) is 6.92 Å². The van der Waals surface area contributed by atoms with E-state index in [0.29, 0.717) is 13.2 Å². The maximum absolute atomic E-state index is 5.75. The summed E-state index contributed by atoms with van der Waals surface area (Å²) in [7, 11) is 0. The molecule has 0 fully saturated rings. The van der Waals surface area contributed by atoms with E-state index < -0.39 is 0 Å². The molecule has 1 unspecified atom stereocenters. The molecule has 3 rings (SSSR count). The highest BCUT2D eigenvalue weighted by Crippen LogP contribution is 2.42. The Morgan fingerprint density at radius 1 is 1.10 bits per heavy atom. The Morgan fingerprint density at radius 2 is 1.80 bits per heavy atom. The molecular weight excluding hydrogens is 388 g/mol. The van der Waals surface area contributed by atoms with Crippen LogP contribution in [-0.4, -0.2) is 13.2 Å². The lowest BCUT2D eigenvalue weighted by molar-refractivity contribution is 0.297. The molecule has 3 nitrogen and oxygen atoms in total. The van der Waals surface area contributed by atoms with E-state index >= 15 is 0 Å². The number of hydrogen-bond donors (Lipinski definition) is 0. The number of aryl methyl sites for hydroxylation is 1. The standard InChI is InChI=1S/C15H14Br2O3/c1-9-5-10(8-20-9)15(17)11-6-13-14(7-12(11)16)19-4-2-3-18-13/h5-8,15H,2-4H2,1H3. The van der Waals surface area contributed by atoms with Gasteiger partial charge in [-0.1, -0.05) is 31.9 Å². The van der Waals surface area contributed by atoms with E-state index in [1.807, 2.05) is 25.1 Å². The molecular formula is C15H14Br2O3. The van der Waals surface area contributed by atoms with E-state index in [1.54, 1.807) is 6.26 Å². The van der Waals surface area contributed by atoms with E-state index in [1.165, 1.54) is 0 Å². The van der Waals surface area contributed by atoms with Crippen LogP contribution in [0.15, 0.2) is 33.4 Å². The van der Waals surface area contributed by atoms with Gasteiger partial charge in [-0.25, -0.2) is 0 Å². The fraction of sp³-hybridized carbons (Fsp3) is 0.333. The van der Waals surface area contributed by atoms with Crippen molar-refractivity contribution in [1.29, 1.82) is 0 Å². The average Bonchev–Trinajstić information content (AvgIpc) is 2.73. The molecule has 0 amide bonds. The summed E-state index contributed by atoms with van der Waals surface area (Å²) in [6.45, 7) is 3.32. The molecule has 0 spiro atoms. The van der Waals surface area contributed by atoms with Gasteiger partial charge in [0.1, 0.15) is 5.76 Å². The molecule has 0 aliphatic carbocycles. The quantitative estimate of drug-likeness (QED) is 0.664. The molecule has 20 heavy (non-hydrogen) atoms. The molecule has 2 heterocycles. The molecule has 0 bridgehead atoms. The highest BCUT2D eigenvalue weighted by atomic mass is 79.9. The summed E-state index contributed by atoms with van der Waals surface area (Å²) in [6, 6.07) is 6.01. The van der Waals surface area contributed by atoms with Crippen molar-refractivity contribution in [2.75, 3.05) is 13.2 Å². The Hall–Kier alpha value is -0.940. The van der Waals surface area contributed by atoms with Crippen LogP contribution in [0.5, 0.6) is 11.5 Å². The summed E-state index contributed by atoms with van der Waals surface area (Å²) >= 11 is 7.33. The van der Waals surface area contributed by atoms with Crippen LogP contribution in [0.3, 0.4) is 0 Å². The summed E-state index contributed by atoms with van der Waals surface area (Å²) in [5.41, 5.74) is 2.17. The smallest absolute Gasteiger partial charge is 0.162 e. The van der Waals surface area contributed by atoms with Crippen LogP contribution < -0.4 is 9.47 Å². The molecule has 2 aromatic rings. The predicted molar refractivity (Wildman–Crippen MR) is 84.0 cm³/mol. The molecule has 0 saturated carbocycles. The topological polar surface area (TPSA) is 31.6 Å². The van der Waals surface area contributed by atoms with E-state index in [0.717, 1.165) is 39.3 Å². The zero-order chi connectivity index (χ0) is 14.1. The van der Waals surface area contributed by atoms with Gasteiger partial charge in [-0.15, -0.1) is 0 Å². The summed E-state index contributed by atoms with van der Waals surface area (Å²) in [5, 5.41) is 0. The lowest BCUT2D eigenvalue weighted by atomic mass is 10.1. The average molecular weight is 402 g/mol. The maximum Gasteiger partial charge on any atom is 0.162 e. The largest absolute Gasteiger partial charge is 0.490 e. The number of halogens is 2. The Morgan fingerprint density at radius 3 is 2.45 bits per heavy atom. The summed E-state index contributed by atoms with van der Waals surface area (Å²) in [6.07, 6.45) is 2.67.